The third kappa shape index (κ3) is 6.19. The maximum absolute atomic E-state index is 13.6. The van der Waals surface area contributed by atoms with Gasteiger partial charge in [-0.3, -0.25) is 9.10 Å². The van der Waals surface area contributed by atoms with E-state index in [1.54, 1.807) is 24.3 Å². The molecule has 0 aliphatic rings. The molecule has 1 heterocycles. The standard InChI is InChI=1S/C29H28ClFN4O4S/c1-19-5-12-26(13-6-19)40(37,38)34(25-11-14-28(39-4)27(30)16-25)18-29(36)33-32-17-22-15-20(2)35(21(22)3)24-9-7-23(31)8-10-24/h5-17H,18H2,1-4H3,(H,33,36)/b32-17-. The quantitative estimate of drug-likeness (QED) is 0.207. The van der Waals surface area contributed by atoms with E-state index in [0.717, 1.165) is 32.5 Å². The lowest BCUT2D eigenvalue weighted by Crippen LogP contribution is -2.39. The van der Waals surface area contributed by atoms with Gasteiger partial charge in [-0.15, -0.1) is 0 Å². The van der Waals surface area contributed by atoms with Crippen LogP contribution in [0, 0.1) is 26.6 Å². The van der Waals surface area contributed by atoms with Gasteiger partial charge in [0.25, 0.3) is 15.9 Å². The summed E-state index contributed by atoms with van der Waals surface area (Å²) >= 11 is 6.27. The summed E-state index contributed by atoms with van der Waals surface area (Å²) in [6.45, 7) is 5.08. The molecule has 0 aliphatic heterocycles. The van der Waals surface area contributed by atoms with Crippen molar-refractivity contribution < 1.29 is 22.3 Å². The van der Waals surface area contributed by atoms with Gasteiger partial charge in [-0.25, -0.2) is 18.2 Å². The number of aryl methyl sites for hydroxylation is 2. The summed E-state index contributed by atoms with van der Waals surface area (Å²) in [6.07, 6.45) is 1.48. The lowest BCUT2D eigenvalue weighted by atomic mass is 10.2. The normalized spacial score (nSPS) is 11.6. The molecule has 0 bridgehead atoms. The molecule has 0 atom stereocenters. The van der Waals surface area contributed by atoms with Crippen LogP contribution in [-0.2, 0) is 14.8 Å². The summed E-state index contributed by atoms with van der Waals surface area (Å²) in [7, 11) is -2.68. The van der Waals surface area contributed by atoms with Gasteiger partial charge >= 0.3 is 0 Å². The van der Waals surface area contributed by atoms with Crippen molar-refractivity contribution in [2.75, 3.05) is 18.0 Å². The maximum atomic E-state index is 13.6. The van der Waals surface area contributed by atoms with E-state index in [9.17, 15) is 17.6 Å². The van der Waals surface area contributed by atoms with E-state index in [1.807, 2.05) is 31.4 Å². The van der Waals surface area contributed by atoms with Gasteiger partial charge in [-0.2, -0.15) is 5.10 Å². The second-order valence-electron chi connectivity index (χ2n) is 9.08. The molecule has 0 aliphatic carbocycles. The number of carbonyl (C=O) groups excluding carboxylic acids is 1. The Labute approximate surface area is 237 Å². The fourth-order valence-corrected chi connectivity index (χ4v) is 5.87. The fraction of sp³-hybridized carbons (Fsp3) is 0.172. The number of benzene rings is 3. The number of hydrazone groups is 1. The lowest BCUT2D eigenvalue weighted by molar-refractivity contribution is -0.119. The Kier molecular flexibility index (Phi) is 8.61. The van der Waals surface area contributed by atoms with Crippen LogP contribution in [0.25, 0.3) is 5.69 Å². The van der Waals surface area contributed by atoms with Crippen LogP contribution in [0.4, 0.5) is 10.1 Å². The fourth-order valence-electron chi connectivity index (χ4n) is 4.21. The average molecular weight is 583 g/mol. The molecular formula is C29H28ClFN4O4S. The van der Waals surface area contributed by atoms with Gasteiger partial charge in [0.1, 0.15) is 18.1 Å². The van der Waals surface area contributed by atoms with Crippen LogP contribution in [0.3, 0.4) is 0 Å². The van der Waals surface area contributed by atoms with Crippen molar-refractivity contribution in [1.82, 2.24) is 9.99 Å². The molecule has 0 spiro atoms. The number of nitrogens with zero attached hydrogens (tertiary/aromatic N) is 3. The number of rotatable bonds is 9. The van der Waals surface area contributed by atoms with Crippen LogP contribution in [0.15, 0.2) is 82.8 Å². The van der Waals surface area contributed by atoms with Crippen molar-refractivity contribution in [3.63, 3.8) is 0 Å². The molecule has 1 aromatic heterocycles. The zero-order chi connectivity index (χ0) is 29.0. The first-order chi connectivity index (χ1) is 19.0. The van der Waals surface area contributed by atoms with Crippen LogP contribution in [0.1, 0.15) is 22.5 Å². The molecule has 0 saturated heterocycles. The number of ether oxygens (including phenoxy) is 1. The van der Waals surface area contributed by atoms with Gasteiger partial charge in [-0.1, -0.05) is 29.3 Å². The zero-order valence-electron chi connectivity index (χ0n) is 22.4. The first-order valence-electron chi connectivity index (χ1n) is 12.2. The molecule has 40 heavy (non-hydrogen) atoms. The maximum Gasteiger partial charge on any atom is 0.264 e. The number of carbonyl (C=O) groups is 1. The minimum atomic E-state index is -4.13. The first-order valence-corrected chi connectivity index (χ1v) is 14.0. The largest absolute Gasteiger partial charge is 0.495 e. The van der Waals surface area contributed by atoms with Crippen molar-refractivity contribution in [2.45, 2.75) is 25.7 Å². The molecule has 0 unspecified atom stereocenters. The molecule has 3 aromatic carbocycles. The van der Waals surface area contributed by atoms with Crippen LogP contribution in [0.5, 0.6) is 5.75 Å². The summed E-state index contributed by atoms with van der Waals surface area (Å²) in [5, 5.41) is 4.25. The predicted octanol–water partition coefficient (Wildman–Crippen LogP) is 5.55. The van der Waals surface area contributed by atoms with E-state index in [2.05, 4.69) is 10.5 Å². The monoisotopic (exact) mass is 582 g/mol. The van der Waals surface area contributed by atoms with Crippen LogP contribution in [-0.4, -0.2) is 38.8 Å². The van der Waals surface area contributed by atoms with Crippen molar-refractivity contribution in [1.29, 1.82) is 0 Å². The Morgan fingerprint density at radius 3 is 2.35 bits per heavy atom. The molecule has 11 heteroatoms. The van der Waals surface area contributed by atoms with Crippen LogP contribution in [0.2, 0.25) is 5.02 Å². The number of nitrogens with one attached hydrogen (secondary N) is 1. The zero-order valence-corrected chi connectivity index (χ0v) is 23.9. The summed E-state index contributed by atoms with van der Waals surface area (Å²) in [5.41, 5.74) is 6.73. The number of aromatic nitrogens is 1. The average Bonchev–Trinajstić information content (AvgIpc) is 3.20. The molecule has 4 aromatic rings. The van der Waals surface area contributed by atoms with Gasteiger partial charge in [0.05, 0.1) is 28.9 Å². The second-order valence-corrected chi connectivity index (χ2v) is 11.3. The number of hydrogen-bond donors (Lipinski definition) is 1. The highest BCUT2D eigenvalue weighted by molar-refractivity contribution is 7.92. The first kappa shape index (κ1) is 28.8. The summed E-state index contributed by atoms with van der Waals surface area (Å²) in [4.78, 5) is 13.0. The molecule has 1 amide bonds. The van der Waals surface area contributed by atoms with Crippen LogP contribution < -0.4 is 14.5 Å². The van der Waals surface area contributed by atoms with E-state index < -0.39 is 22.5 Å². The SMILES string of the molecule is COc1ccc(N(CC(=O)N/N=C\c2cc(C)n(-c3ccc(F)cc3)c2C)S(=O)(=O)c2ccc(C)cc2)cc1Cl. The Hall–Kier alpha value is -4.15. The number of halogens is 2. The van der Waals surface area contributed by atoms with Gasteiger partial charge in [0.15, 0.2) is 0 Å². The highest BCUT2D eigenvalue weighted by Gasteiger charge is 2.28. The third-order valence-corrected chi connectivity index (χ3v) is 8.35. The predicted molar refractivity (Wildman–Crippen MR) is 155 cm³/mol. The Bertz CT molecular complexity index is 1670. The highest BCUT2D eigenvalue weighted by Crippen LogP contribution is 2.32. The van der Waals surface area contributed by atoms with E-state index in [4.69, 9.17) is 16.3 Å². The lowest BCUT2D eigenvalue weighted by Gasteiger charge is -2.24. The summed E-state index contributed by atoms with van der Waals surface area (Å²) in [5.74, 6) is -0.623. The number of sulfonamides is 1. The number of anilines is 1. The molecule has 0 radical (unpaired) electrons. The summed E-state index contributed by atoms with van der Waals surface area (Å²) < 4.78 is 48.6. The molecular weight excluding hydrogens is 555 g/mol. The van der Waals surface area contributed by atoms with Gasteiger partial charge in [-0.05, 0) is 81.4 Å². The van der Waals surface area contributed by atoms with E-state index in [0.29, 0.717) is 5.75 Å². The highest BCUT2D eigenvalue weighted by atomic mass is 35.5. The number of hydrogen-bond acceptors (Lipinski definition) is 5. The van der Waals surface area contributed by atoms with Gasteiger partial charge < -0.3 is 9.30 Å². The van der Waals surface area contributed by atoms with Crippen molar-refractivity contribution in [2.24, 2.45) is 5.10 Å². The number of methoxy groups -OCH3 is 1. The Balaban J connectivity index is 1.57. The molecule has 1 N–H and O–H groups in total. The van der Waals surface area contributed by atoms with Crippen LogP contribution >= 0.6 is 11.6 Å². The molecule has 0 fully saturated rings. The van der Waals surface area contributed by atoms with Gasteiger partial charge in [0.2, 0.25) is 0 Å². The molecule has 4 rings (SSSR count). The van der Waals surface area contributed by atoms with E-state index in [1.165, 1.54) is 55.8 Å². The molecule has 8 nitrogen and oxygen atoms in total. The molecule has 208 valence electrons. The summed E-state index contributed by atoms with van der Waals surface area (Å²) in [6, 6.07) is 18.8. The Morgan fingerprint density at radius 2 is 1.73 bits per heavy atom. The third-order valence-electron chi connectivity index (χ3n) is 6.27. The Morgan fingerprint density at radius 1 is 1.05 bits per heavy atom. The van der Waals surface area contributed by atoms with Crippen molar-refractivity contribution >= 4 is 39.4 Å². The topological polar surface area (TPSA) is 93.0 Å². The second kappa shape index (κ2) is 11.9. The minimum absolute atomic E-state index is 0.0228. The number of amides is 1. The minimum Gasteiger partial charge on any atom is -0.495 e. The van der Waals surface area contributed by atoms with Crippen molar-refractivity contribution in [3.05, 3.63) is 106 Å². The van der Waals surface area contributed by atoms with E-state index >= 15 is 0 Å². The molecule has 0 saturated carbocycles. The van der Waals surface area contributed by atoms with E-state index in [-0.39, 0.29) is 21.4 Å². The van der Waals surface area contributed by atoms with Crippen molar-refractivity contribution in [3.8, 4) is 11.4 Å². The smallest absolute Gasteiger partial charge is 0.264 e. The van der Waals surface area contributed by atoms with Gasteiger partial charge in [0, 0.05) is 22.6 Å².